The molecule has 88 valence electrons. The summed E-state index contributed by atoms with van der Waals surface area (Å²) in [5, 5.41) is 3.17. The van der Waals surface area contributed by atoms with Crippen LogP contribution < -0.4 is 5.32 Å². The van der Waals surface area contributed by atoms with Crippen LogP contribution in [0.1, 0.15) is 15.2 Å². The van der Waals surface area contributed by atoms with Crippen molar-refractivity contribution < 1.29 is 4.79 Å². The Kier molecular flexibility index (Phi) is 4.15. The molecular weight excluding hydrogens is 324 g/mol. The van der Waals surface area contributed by atoms with Gasteiger partial charge in [-0.15, -0.1) is 11.3 Å². The van der Waals surface area contributed by atoms with E-state index in [0.29, 0.717) is 17.1 Å². The molecule has 1 amide bonds. The summed E-state index contributed by atoms with van der Waals surface area (Å²) in [6.45, 7) is 0.494. The highest BCUT2D eigenvalue weighted by Crippen LogP contribution is 2.22. The van der Waals surface area contributed by atoms with Gasteiger partial charge in [0.1, 0.15) is 0 Å². The lowest BCUT2D eigenvalue weighted by atomic mass is 10.2. The maximum absolute atomic E-state index is 11.8. The predicted molar refractivity (Wildman–Crippen MR) is 72.4 cm³/mol. The molecule has 3 nitrogen and oxygen atoms in total. The van der Waals surface area contributed by atoms with Crippen LogP contribution in [0.4, 0.5) is 0 Å². The Balaban J connectivity index is 2.01. The number of rotatable bonds is 3. The van der Waals surface area contributed by atoms with Gasteiger partial charge in [-0.1, -0.05) is 11.6 Å². The van der Waals surface area contributed by atoms with Gasteiger partial charge in [0.25, 0.3) is 5.91 Å². The molecule has 0 radical (unpaired) electrons. The number of aromatic nitrogens is 1. The Labute approximate surface area is 116 Å². The van der Waals surface area contributed by atoms with E-state index in [9.17, 15) is 4.79 Å². The summed E-state index contributed by atoms with van der Waals surface area (Å²) >= 11 is 10.8. The SMILES string of the molecule is O=C(NCc1ccc(Br)s1)c1ccncc1Cl. The Bertz CT molecular complexity index is 544. The fraction of sp³-hybridized carbons (Fsp3) is 0.0909. The van der Waals surface area contributed by atoms with Gasteiger partial charge in [0.05, 0.1) is 20.9 Å². The van der Waals surface area contributed by atoms with Gasteiger partial charge in [-0.25, -0.2) is 0 Å². The van der Waals surface area contributed by atoms with E-state index in [1.807, 2.05) is 12.1 Å². The number of amides is 1. The van der Waals surface area contributed by atoms with Crippen molar-refractivity contribution in [2.75, 3.05) is 0 Å². The predicted octanol–water partition coefficient (Wildman–Crippen LogP) is 3.49. The smallest absolute Gasteiger partial charge is 0.253 e. The lowest BCUT2D eigenvalue weighted by Crippen LogP contribution is -2.22. The van der Waals surface area contributed by atoms with Crippen molar-refractivity contribution in [3.8, 4) is 0 Å². The van der Waals surface area contributed by atoms with E-state index in [-0.39, 0.29) is 5.91 Å². The summed E-state index contributed by atoms with van der Waals surface area (Å²) in [4.78, 5) is 16.7. The molecule has 0 fully saturated rings. The molecule has 0 aliphatic carbocycles. The number of pyridine rings is 1. The topological polar surface area (TPSA) is 42.0 Å². The van der Waals surface area contributed by atoms with Crippen LogP contribution in [-0.2, 0) is 6.54 Å². The lowest BCUT2D eigenvalue weighted by molar-refractivity contribution is 0.0951. The van der Waals surface area contributed by atoms with E-state index in [2.05, 4.69) is 26.2 Å². The number of hydrogen-bond acceptors (Lipinski definition) is 3. The van der Waals surface area contributed by atoms with Gasteiger partial charge in [-0.05, 0) is 34.1 Å². The third kappa shape index (κ3) is 3.28. The summed E-state index contributed by atoms with van der Waals surface area (Å²) < 4.78 is 1.05. The van der Waals surface area contributed by atoms with Gasteiger partial charge in [0, 0.05) is 17.3 Å². The van der Waals surface area contributed by atoms with Crippen LogP contribution in [0.5, 0.6) is 0 Å². The Morgan fingerprint density at radius 1 is 1.47 bits per heavy atom. The molecule has 0 spiro atoms. The van der Waals surface area contributed by atoms with Crippen LogP contribution in [-0.4, -0.2) is 10.9 Å². The van der Waals surface area contributed by atoms with Gasteiger partial charge >= 0.3 is 0 Å². The minimum Gasteiger partial charge on any atom is -0.347 e. The summed E-state index contributed by atoms with van der Waals surface area (Å²) in [6.07, 6.45) is 3.00. The fourth-order valence-corrected chi connectivity index (χ4v) is 2.90. The molecule has 1 N–H and O–H groups in total. The number of thiophene rings is 1. The zero-order chi connectivity index (χ0) is 12.3. The Morgan fingerprint density at radius 3 is 2.94 bits per heavy atom. The first-order chi connectivity index (χ1) is 8.16. The Hall–Kier alpha value is -0.910. The minimum atomic E-state index is -0.193. The van der Waals surface area contributed by atoms with Gasteiger partial charge < -0.3 is 5.32 Å². The first-order valence-electron chi connectivity index (χ1n) is 4.79. The van der Waals surface area contributed by atoms with E-state index >= 15 is 0 Å². The summed E-state index contributed by atoms with van der Waals surface area (Å²) in [6, 6.07) is 5.51. The van der Waals surface area contributed by atoms with E-state index in [0.717, 1.165) is 8.66 Å². The highest BCUT2D eigenvalue weighted by Gasteiger charge is 2.09. The van der Waals surface area contributed by atoms with Crippen LogP contribution in [0, 0.1) is 0 Å². The van der Waals surface area contributed by atoms with Crippen molar-refractivity contribution in [1.29, 1.82) is 0 Å². The number of halogens is 2. The molecule has 0 aromatic carbocycles. The Morgan fingerprint density at radius 2 is 2.29 bits per heavy atom. The van der Waals surface area contributed by atoms with Crippen molar-refractivity contribution in [3.05, 3.63) is 49.8 Å². The molecule has 0 aliphatic heterocycles. The van der Waals surface area contributed by atoms with E-state index in [4.69, 9.17) is 11.6 Å². The first-order valence-corrected chi connectivity index (χ1v) is 6.77. The fourth-order valence-electron chi connectivity index (χ4n) is 1.27. The molecule has 2 heterocycles. The van der Waals surface area contributed by atoms with Crippen LogP contribution >= 0.6 is 38.9 Å². The largest absolute Gasteiger partial charge is 0.347 e. The maximum Gasteiger partial charge on any atom is 0.253 e. The minimum absolute atomic E-state index is 0.193. The second kappa shape index (κ2) is 5.62. The molecule has 0 atom stereocenters. The van der Waals surface area contributed by atoms with Crippen molar-refractivity contribution in [2.24, 2.45) is 0 Å². The van der Waals surface area contributed by atoms with Gasteiger partial charge in [-0.2, -0.15) is 0 Å². The molecule has 17 heavy (non-hydrogen) atoms. The molecule has 2 rings (SSSR count). The van der Waals surface area contributed by atoms with Crippen LogP contribution in [0.2, 0.25) is 5.02 Å². The third-order valence-electron chi connectivity index (χ3n) is 2.07. The average molecular weight is 332 g/mol. The highest BCUT2D eigenvalue weighted by atomic mass is 79.9. The van der Waals surface area contributed by atoms with Crippen molar-refractivity contribution in [1.82, 2.24) is 10.3 Å². The molecule has 0 saturated heterocycles. The highest BCUT2D eigenvalue weighted by molar-refractivity contribution is 9.11. The van der Waals surface area contributed by atoms with Gasteiger partial charge in [-0.3, -0.25) is 9.78 Å². The number of nitrogens with one attached hydrogen (secondary N) is 1. The first kappa shape index (κ1) is 12.5. The third-order valence-corrected chi connectivity index (χ3v) is 3.99. The maximum atomic E-state index is 11.8. The summed E-state index contributed by atoms with van der Waals surface area (Å²) in [7, 11) is 0. The molecule has 0 bridgehead atoms. The van der Waals surface area contributed by atoms with E-state index in [1.54, 1.807) is 23.6 Å². The van der Waals surface area contributed by atoms with Crippen LogP contribution in [0.15, 0.2) is 34.4 Å². The quantitative estimate of drug-likeness (QED) is 0.935. The van der Waals surface area contributed by atoms with Crippen LogP contribution in [0.25, 0.3) is 0 Å². The van der Waals surface area contributed by atoms with Gasteiger partial charge in [0.2, 0.25) is 0 Å². The normalized spacial score (nSPS) is 10.2. The van der Waals surface area contributed by atoms with Crippen molar-refractivity contribution >= 4 is 44.8 Å². The number of hydrogen-bond donors (Lipinski definition) is 1. The van der Waals surface area contributed by atoms with E-state index < -0.39 is 0 Å². The standard InChI is InChI=1S/C11H8BrClN2OS/c12-10-2-1-7(17-10)5-15-11(16)8-3-4-14-6-9(8)13/h1-4,6H,5H2,(H,15,16). The summed E-state index contributed by atoms with van der Waals surface area (Å²) in [5.41, 5.74) is 0.442. The second-order valence-corrected chi connectivity index (χ2v) is 6.20. The molecule has 0 unspecified atom stereocenters. The number of carbonyl (C=O) groups is 1. The molecular formula is C11H8BrClN2OS. The summed E-state index contributed by atoms with van der Waals surface area (Å²) in [5.74, 6) is -0.193. The zero-order valence-electron chi connectivity index (χ0n) is 8.61. The van der Waals surface area contributed by atoms with E-state index in [1.165, 1.54) is 6.20 Å². The lowest BCUT2D eigenvalue weighted by Gasteiger charge is -2.04. The number of carbonyl (C=O) groups excluding carboxylic acids is 1. The second-order valence-electron chi connectivity index (χ2n) is 3.24. The molecule has 6 heteroatoms. The van der Waals surface area contributed by atoms with Crippen molar-refractivity contribution in [3.63, 3.8) is 0 Å². The number of nitrogens with zero attached hydrogens (tertiary/aromatic N) is 1. The average Bonchev–Trinajstić information content (AvgIpc) is 2.73. The van der Waals surface area contributed by atoms with Gasteiger partial charge in [0.15, 0.2) is 0 Å². The van der Waals surface area contributed by atoms with Crippen molar-refractivity contribution in [2.45, 2.75) is 6.54 Å². The molecule has 2 aromatic heterocycles. The molecule has 0 aliphatic rings. The molecule has 0 saturated carbocycles. The monoisotopic (exact) mass is 330 g/mol. The molecule has 2 aromatic rings. The van der Waals surface area contributed by atoms with Crippen LogP contribution in [0.3, 0.4) is 0 Å². The zero-order valence-corrected chi connectivity index (χ0v) is 11.8.